The minimum absolute atomic E-state index is 0.330. The molecule has 2 heterocycles. The van der Waals surface area contributed by atoms with Gasteiger partial charge in [-0.15, -0.1) is 0 Å². The minimum Gasteiger partial charge on any atom is -0.454 e. The van der Waals surface area contributed by atoms with Crippen molar-refractivity contribution >= 4 is 0 Å². The first-order valence-corrected chi connectivity index (χ1v) is 6.02. The number of quaternary nitrogens is 1. The van der Waals surface area contributed by atoms with E-state index in [1.165, 1.54) is 5.56 Å². The molecular weight excluding hydrogens is 228 g/mol. The van der Waals surface area contributed by atoms with Gasteiger partial charge in [-0.05, 0) is 30.3 Å². The lowest BCUT2D eigenvalue weighted by Gasteiger charge is -2.03. The van der Waals surface area contributed by atoms with Crippen LogP contribution in [0.4, 0.5) is 0 Å². The van der Waals surface area contributed by atoms with Crippen LogP contribution in [0, 0.1) is 0 Å². The second kappa shape index (κ2) is 5.06. The highest BCUT2D eigenvalue weighted by Gasteiger charge is 2.13. The Hall–Kier alpha value is -2.07. The highest BCUT2D eigenvalue weighted by atomic mass is 16.7. The maximum atomic E-state index is 5.36. The van der Waals surface area contributed by atoms with Crippen LogP contribution in [0.1, 0.15) is 11.3 Å². The Labute approximate surface area is 106 Å². The van der Waals surface area contributed by atoms with Crippen molar-refractivity contribution in [3.8, 4) is 11.5 Å². The maximum absolute atomic E-state index is 5.36. The van der Waals surface area contributed by atoms with Crippen molar-refractivity contribution in [3.63, 3.8) is 0 Å². The first-order valence-electron chi connectivity index (χ1n) is 6.02. The molecule has 0 saturated carbocycles. The molecule has 1 aliphatic rings. The second-order valence-corrected chi connectivity index (χ2v) is 4.21. The summed E-state index contributed by atoms with van der Waals surface area (Å²) in [7, 11) is 0. The fraction of sp³-hybridized carbons (Fsp3) is 0.214. The molecule has 0 saturated heterocycles. The Morgan fingerprint density at radius 1 is 1.06 bits per heavy atom. The van der Waals surface area contributed by atoms with Crippen molar-refractivity contribution in [2.45, 2.75) is 13.1 Å². The summed E-state index contributed by atoms with van der Waals surface area (Å²) in [5.41, 5.74) is 2.33. The highest BCUT2D eigenvalue weighted by molar-refractivity contribution is 5.44. The van der Waals surface area contributed by atoms with Gasteiger partial charge in [0, 0.05) is 11.8 Å². The zero-order chi connectivity index (χ0) is 12.2. The predicted molar refractivity (Wildman–Crippen MR) is 66.1 cm³/mol. The number of nitrogens with two attached hydrogens (primary N) is 1. The molecule has 0 fully saturated rings. The number of hydrogen-bond donors (Lipinski definition) is 1. The van der Waals surface area contributed by atoms with Gasteiger partial charge in [0.25, 0.3) is 0 Å². The number of ether oxygens (including phenoxy) is 2. The van der Waals surface area contributed by atoms with Crippen LogP contribution >= 0.6 is 0 Å². The zero-order valence-electron chi connectivity index (χ0n) is 10.0. The summed E-state index contributed by atoms with van der Waals surface area (Å²) in [6.07, 6.45) is 1.82. The third-order valence-electron chi connectivity index (χ3n) is 2.90. The summed E-state index contributed by atoms with van der Waals surface area (Å²) >= 11 is 0. The standard InChI is InChI=1S/C14H14N2O2/c1-2-6-16-12(3-1)9-15-8-11-4-5-13-14(7-11)18-10-17-13/h1-7,15H,8-10H2/p+1. The third kappa shape index (κ3) is 2.43. The zero-order valence-corrected chi connectivity index (χ0v) is 10.0. The molecule has 0 aliphatic carbocycles. The lowest BCUT2D eigenvalue weighted by Crippen LogP contribution is -2.80. The van der Waals surface area contributed by atoms with Crippen LogP contribution in [0.3, 0.4) is 0 Å². The smallest absolute Gasteiger partial charge is 0.231 e. The fourth-order valence-electron chi connectivity index (χ4n) is 1.97. The Morgan fingerprint density at radius 2 is 2.00 bits per heavy atom. The summed E-state index contributed by atoms with van der Waals surface area (Å²) in [5.74, 6) is 1.68. The van der Waals surface area contributed by atoms with Crippen LogP contribution in [-0.2, 0) is 13.1 Å². The Balaban J connectivity index is 1.57. The van der Waals surface area contributed by atoms with Gasteiger partial charge in [-0.1, -0.05) is 6.07 Å². The van der Waals surface area contributed by atoms with Crippen molar-refractivity contribution in [2.24, 2.45) is 0 Å². The van der Waals surface area contributed by atoms with Gasteiger partial charge in [-0.25, -0.2) is 0 Å². The monoisotopic (exact) mass is 243 g/mol. The molecule has 4 nitrogen and oxygen atoms in total. The number of nitrogens with zero attached hydrogens (tertiary/aromatic N) is 1. The summed E-state index contributed by atoms with van der Waals surface area (Å²) in [6.45, 7) is 2.12. The van der Waals surface area contributed by atoms with E-state index in [4.69, 9.17) is 9.47 Å². The molecule has 92 valence electrons. The lowest BCUT2D eigenvalue weighted by molar-refractivity contribution is -0.686. The van der Waals surface area contributed by atoms with Crippen molar-refractivity contribution in [1.82, 2.24) is 4.98 Å². The molecule has 2 N–H and O–H groups in total. The summed E-state index contributed by atoms with van der Waals surface area (Å²) < 4.78 is 10.6. The molecule has 2 aromatic rings. The Kier molecular flexibility index (Phi) is 3.10. The van der Waals surface area contributed by atoms with Crippen molar-refractivity contribution in [2.75, 3.05) is 6.79 Å². The molecule has 1 aromatic carbocycles. The molecule has 0 atom stereocenters. The predicted octanol–water partition coefficient (Wildman–Crippen LogP) is 1.07. The van der Waals surface area contributed by atoms with Gasteiger partial charge in [0.1, 0.15) is 13.1 Å². The first kappa shape index (κ1) is 11.0. The van der Waals surface area contributed by atoms with E-state index in [-0.39, 0.29) is 0 Å². The topological polar surface area (TPSA) is 48.0 Å². The molecule has 18 heavy (non-hydrogen) atoms. The molecule has 4 heteroatoms. The van der Waals surface area contributed by atoms with Crippen molar-refractivity contribution < 1.29 is 14.8 Å². The van der Waals surface area contributed by atoms with E-state index in [9.17, 15) is 0 Å². The number of pyridine rings is 1. The molecule has 3 rings (SSSR count). The normalized spacial score (nSPS) is 12.7. The molecule has 1 aromatic heterocycles. The maximum Gasteiger partial charge on any atom is 0.231 e. The van der Waals surface area contributed by atoms with Crippen molar-refractivity contribution in [1.29, 1.82) is 0 Å². The average molecular weight is 243 g/mol. The largest absolute Gasteiger partial charge is 0.454 e. The van der Waals surface area contributed by atoms with E-state index >= 15 is 0 Å². The van der Waals surface area contributed by atoms with Crippen molar-refractivity contribution in [3.05, 3.63) is 53.9 Å². The quantitative estimate of drug-likeness (QED) is 0.874. The molecule has 0 amide bonds. The fourth-order valence-corrected chi connectivity index (χ4v) is 1.97. The number of benzene rings is 1. The SMILES string of the molecule is c1ccc(C[NH2+]Cc2ccc3c(c2)OCO3)nc1. The van der Waals surface area contributed by atoms with E-state index in [2.05, 4.69) is 16.4 Å². The van der Waals surface area contributed by atoms with Crippen LogP contribution < -0.4 is 14.8 Å². The molecule has 0 spiro atoms. The van der Waals surface area contributed by atoms with E-state index in [1.807, 2.05) is 36.5 Å². The molecule has 1 aliphatic heterocycles. The summed E-state index contributed by atoms with van der Waals surface area (Å²) in [5, 5.41) is 2.22. The summed E-state index contributed by atoms with van der Waals surface area (Å²) in [4.78, 5) is 4.29. The van der Waals surface area contributed by atoms with Gasteiger partial charge in [0.2, 0.25) is 6.79 Å². The second-order valence-electron chi connectivity index (χ2n) is 4.21. The third-order valence-corrected chi connectivity index (χ3v) is 2.90. The van der Waals surface area contributed by atoms with Gasteiger partial charge < -0.3 is 14.8 Å². The lowest BCUT2D eigenvalue weighted by atomic mass is 10.2. The molecule has 0 bridgehead atoms. The van der Waals surface area contributed by atoms with E-state index in [1.54, 1.807) is 0 Å². The van der Waals surface area contributed by atoms with Gasteiger partial charge in [0.15, 0.2) is 11.5 Å². The summed E-state index contributed by atoms with van der Waals surface area (Å²) in [6, 6.07) is 12.1. The average Bonchev–Trinajstić information content (AvgIpc) is 2.87. The molecular formula is C14H15N2O2+. The number of fused-ring (bicyclic) bond motifs is 1. The van der Waals surface area contributed by atoms with Crippen LogP contribution in [0.25, 0.3) is 0 Å². The van der Waals surface area contributed by atoms with E-state index < -0.39 is 0 Å². The highest BCUT2D eigenvalue weighted by Crippen LogP contribution is 2.32. The van der Waals surface area contributed by atoms with Crippen LogP contribution in [0.15, 0.2) is 42.6 Å². The Bertz CT molecular complexity index is 529. The van der Waals surface area contributed by atoms with Crippen LogP contribution in [0.5, 0.6) is 11.5 Å². The van der Waals surface area contributed by atoms with Gasteiger partial charge in [-0.3, -0.25) is 4.98 Å². The van der Waals surface area contributed by atoms with Gasteiger partial charge in [0.05, 0.1) is 5.69 Å². The Morgan fingerprint density at radius 3 is 2.89 bits per heavy atom. The van der Waals surface area contributed by atoms with E-state index in [0.717, 1.165) is 30.3 Å². The minimum atomic E-state index is 0.330. The first-order chi connectivity index (χ1) is 8.92. The number of aromatic nitrogens is 1. The van der Waals surface area contributed by atoms with E-state index in [0.29, 0.717) is 6.79 Å². The van der Waals surface area contributed by atoms with Gasteiger partial charge >= 0.3 is 0 Å². The van der Waals surface area contributed by atoms with Gasteiger partial charge in [-0.2, -0.15) is 0 Å². The molecule has 0 radical (unpaired) electrons. The van der Waals surface area contributed by atoms with Crippen LogP contribution in [0.2, 0.25) is 0 Å². The number of hydrogen-bond acceptors (Lipinski definition) is 3. The number of rotatable bonds is 4. The molecule has 0 unspecified atom stereocenters. The van der Waals surface area contributed by atoms with Crippen LogP contribution in [-0.4, -0.2) is 11.8 Å².